The van der Waals surface area contributed by atoms with Crippen LogP contribution < -0.4 is 5.32 Å². The molecule has 0 atom stereocenters. The summed E-state index contributed by atoms with van der Waals surface area (Å²) in [6, 6.07) is 5.16. The summed E-state index contributed by atoms with van der Waals surface area (Å²) in [6.07, 6.45) is 0. The Morgan fingerprint density at radius 2 is 2.20 bits per heavy atom. The fourth-order valence-electron chi connectivity index (χ4n) is 1.85. The maximum Gasteiger partial charge on any atom is 0.256 e. The van der Waals surface area contributed by atoms with Gasteiger partial charge in [0.15, 0.2) is 0 Å². The number of aliphatic hydroxyl groups is 1. The van der Waals surface area contributed by atoms with Gasteiger partial charge in [-0.3, -0.25) is 4.79 Å². The summed E-state index contributed by atoms with van der Waals surface area (Å²) in [7, 11) is 1.57. The van der Waals surface area contributed by atoms with Gasteiger partial charge in [-0.2, -0.15) is 0 Å². The number of aliphatic hydroxyl groups excluding tert-OH is 1. The minimum Gasteiger partial charge on any atom is -0.395 e. The van der Waals surface area contributed by atoms with E-state index in [-0.39, 0.29) is 19.1 Å². The number of carbonyl (C=O) groups excluding carboxylic acids is 1. The molecule has 0 aliphatic rings. The first kappa shape index (κ1) is 16.8. The molecular formula is C14H21ClN2O3. The van der Waals surface area contributed by atoms with Gasteiger partial charge in [0, 0.05) is 37.5 Å². The number of nitrogens with zero attached hydrogens (tertiary/aromatic N) is 1. The van der Waals surface area contributed by atoms with Crippen molar-refractivity contribution in [2.45, 2.75) is 6.92 Å². The molecular weight excluding hydrogens is 280 g/mol. The molecule has 1 rings (SSSR count). The van der Waals surface area contributed by atoms with Crippen LogP contribution in [-0.2, 0) is 4.74 Å². The Morgan fingerprint density at radius 1 is 1.45 bits per heavy atom. The van der Waals surface area contributed by atoms with Crippen LogP contribution in [0.15, 0.2) is 18.2 Å². The molecule has 0 radical (unpaired) electrons. The molecule has 2 N–H and O–H groups in total. The third kappa shape index (κ3) is 4.67. The van der Waals surface area contributed by atoms with E-state index >= 15 is 0 Å². The molecule has 0 bridgehead atoms. The summed E-state index contributed by atoms with van der Waals surface area (Å²) in [4.78, 5) is 14.1. The average Bonchev–Trinajstić information content (AvgIpc) is 2.45. The van der Waals surface area contributed by atoms with Crippen molar-refractivity contribution in [3.05, 3.63) is 28.8 Å². The predicted octanol–water partition coefficient (Wildman–Crippen LogP) is 1.85. The molecule has 0 aliphatic carbocycles. The molecule has 0 aliphatic heterocycles. The molecule has 5 nitrogen and oxygen atoms in total. The van der Waals surface area contributed by atoms with Crippen molar-refractivity contribution >= 4 is 23.2 Å². The van der Waals surface area contributed by atoms with Crippen molar-refractivity contribution in [2.24, 2.45) is 0 Å². The highest BCUT2D eigenvalue weighted by atomic mass is 35.5. The Kier molecular flexibility index (Phi) is 7.36. The molecule has 0 saturated carbocycles. The number of methoxy groups -OCH3 is 1. The quantitative estimate of drug-likeness (QED) is 0.769. The molecule has 0 saturated heterocycles. The zero-order valence-electron chi connectivity index (χ0n) is 11.9. The van der Waals surface area contributed by atoms with Crippen molar-refractivity contribution in [2.75, 3.05) is 45.3 Å². The zero-order valence-corrected chi connectivity index (χ0v) is 12.6. The monoisotopic (exact) mass is 300 g/mol. The third-order valence-corrected chi connectivity index (χ3v) is 3.04. The standard InChI is InChI=1S/C14H21ClN2O3/c1-3-16-13-5-4-11(15)10-12(13)14(19)17(6-8-18)7-9-20-2/h4-5,10,16,18H,3,6-9H2,1-2H3. The summed E-state index contributed by atoms with van der Waals surface area (Å²) in [5.41, 5.74) is 1.24. The maximum atomic E-state index is 12.5. The first-order valence-corrected chi connectivity index (χ1v) is 6.94. The highest BCUT2D eigenvalue weighted by Gasteiger charge is 2.18. The summed E-state index contributed by atoms with van der Waals surface area (Å²) < 4.78 is 4.99. The van der Waals surface area contributed by atoms with Crippen molar-refractivity contribution in [1.29, 1.82) is 0 Å². The molecule has 0 aromatic heterocycles. The predicted molar refractivity (Wildman–Crippen MR) is 80.5 cm³/mol. The van der Waals surface area contributed by atoms with Gasteiger partial charge in [-0.15, -0.1) is 0 Å². The summed E-state index contributed by atoms with van der Waals surface area (Å²) >= 11 is 5.97. The van der Waals surface area contributed by atoms with E-state index < -0.39 is 0 Å². The van der Waals surface area contributed by atoms with E-state index in [4.69, 9.17) is 21.4 Å². The number of carbonyl (C=O) groups is 1. The molecule has 0 heterocycles. The topological polar surface area (TPSA) is 61.8 Å². The van der Waals surface area contributed by atoms with Crippen molar-refractivity contribution in [3.8, 4) is 0 Å². The van der Waals surface area contributed by atoms with Gasteiger partial charge in [-0.25, -0.2) is 0 Å². The van der Waals surface area contributed by atoms with E-state index in [0.717, 1.165) is 5.69 Å². The van der Waals surface area contributed by atoms with Crippen LogP contribution in [0, 0.1) is 0 Å². The van der Waals surface area contributed by atoms with Gasteiger partial charge >= 0.3 is 0 Å². The minimum atomic E-state index is -0.172. The average molecular weight is 301 g/mol. The normalized spacial score (nSPS) is 10.4. The molecule has 6 heteroatoms. The first-order valence-electron chi connectivity index (χ1n) is 6.56. The SMILES string of the molecule is CCNc1ccc(Cl)cc1C(=O)N(CCO)CCOC. The number of hydrogen-bond donors (Lipinski definition) is 2. The molecule has 0 fully saturated rings. The molecule has 112 valence electrons. The first-order chi connectivity index (χ1) is 9.63. The van der Waals surface area contributed by atoms with E-state index in [1.54, 1.807) is 30.2 Å². The zero-order chi connectivity index (χ0) is 15.0. The van der Waals surface area contributed by atoms with Crippen LogP contribution >= 0.6 is 11.6 Å². The number of ether oxygens (including phenoxy) is 1. The highest BCUT2D eigenvalue weighted by Crippen LogP contribution is 2.22. The lowest BCUT2D eigenvalue weighted by Crippen LogP contribution is -2.36. The van der Waals surface area contributed by atoms with Gasteiger partial charge in [0.25, 0.3) is 5.91 Å². The largest absolute Gasteiger partial charge is 0.395 e. The lowest BCUT2D eigenvalue weighted by Gasteiger charge is -2.23. The molecule has 1 amide bonds. The third-order valence-electron chi connectivity index (χ3n) is 2.80. The number of halogens is 1. The van der Waals surface area contributed by atoms with Crippen molar-refractivity contribution in [3.63, 3.8) is 0 Å². The number of rotatable bonds is 8. The summed E-state index contributed by atoms with van der Waals surface area (Å²) in [5, 5.41) is 12.7. The maximum absolute atomic E-state index is 12.5. The Balaban J connectivity index is 2.99. The molecule has 20 heavy (non-hydrogen) atoms. The van der Waals surface area contributed by atoms with Crippen LogP contribution in [0.2, 0.25) is 5.02 Å². The Hall–Kier alpha value is -1.30. The van der Waals surface area contributed by atoms with Crippen LogP contribution in [0.25, 0.3) is 0 Å². The second-order valence-electron chi connectivity index (χ2n) is 4.23. The number of hydrogen-bond acceptors (Lipinski definition) is 4. The van der Waals surface area contributed by atoms with Gasteiger partial charge in [-0.05, 0) is 25.1 Å². The molecule has 0 spiro atoms. The molecule has 0 unspecified atom stereocenters. The summed E-state index contributed by atoms with van der Waals surface area (Å²) in [5.74, 6) is -0.172. The second kappa shape index (κ2) is 8.79. The number of benzene rings is 1. The van der Waals surface area contributed by atoms with E-state index in [0.29, 0.717) is 30.3 Å². The fourth-order valence-corrected chi connectivity index (χ4v) is 2.02. The minimum absolute atomic E-state index is 0.0907. The fraction of sp³-hybridized carbons (Fsp3) is 0.500. The van der Waals surface area contributed by atoms with Gasteiger partial charge in [0.05, 0.1) is 18.8 Å². The molecule has 1 aromatic carbocycles. The summed E-state index contributed by atoms with van der Waals surface area (Å²) in [6.45, 7) is 3.68. The van der Waals surface area contributed by atoms with E-state index in [1.807, 2.05) is 6.92 Å². The smallest absolute Gasteiger partial charge is 0.256 e. The number of nitrogens with one attached hydrogen (secondary N) is 1. The number of amides is 1. The van der Waals surface area contributed by atoms with Crippen LogP contribution in [0.5, 0.6) is 0 Å². The highest BCUT2D eigenvalue weighted by molar-refractivity contribution is 6.31. The van der Waals surface area contributed by atoms with E-state index in [1.165, 1.54) is 0 Å². The Bertz CT molecular complexity index is 440. The van der Waals surface area contributed by atoms with Crippen LogP contribution in [0.3, 0.4) is 0 Å². The van der Waals surface area contributed by atoms with Gasteiger partial charge in [-0.1, -0.05) is 11.6 Å². The second-order valence-corrected chi connectivity index (χ2v) is 4.67. The van der Waals surface area contributed by atoms with Crippen LogP contribution in [-0.4, -0.2) is 55.9 Å². The van der Waals surface area contributed by atoms with Crippen LogP contribution in [0.1, 0.15) is 17.3 Å². The number of anilines is 1. The van der Waals surface area contributed by atoms with Crippen molar-refractivity contribution < 1.29 is 14.6 Å². The van der Waals surface area contributed by atoms with Gasteiger partial charge in [0.2, 0.25) is 0 Å². The van der Waals surface area contributed by atoms with E-state index in [9.17, 15) is 4.79 Å². The lowest BCUT2D eigenvalue weighted by atomic mass is 10.1. The van der Waals surface area contributed by atoms with Gasteiger partial charge in [0.1, 0.15) is 0 Å². The lowest BCUT2D eigenvalue weighted by molar-refractivity contribution is 0.0657. The van der Waals surface area contributed by atoms with Crippen LogP contribution in [0.4, 0.5) is 5.69 Å². The van der Waals surface area contributed by atoms with E-state index in [2.05, 4.69) is 5.32 Å². The Labute approximate surface area is 124 Å². The van der Waals surface area contributed by atoms with Gasteiger partial charge < -0.3 is 20.1 Å². The molecule has 1 aromatic rings. The Morgan fingerprint density at radius 3 is 2.80 bits per heavy atom. The van der Waals surface area contributed by atoms with Crippen molar-refractivity contribution in [1.82, 2.24) is 4.90 Å².